The van der Waals surface area contributed by atoms with Crippen molar-refractivity contribution in [2.24, 2.45) is 0 Å². The first-order chi connectivity index (χ1) is 9.49. The molecule has 0 aliphatic carbocycles. The smallest absolute Gasteiger partial charge is 0.349 e. The summed E-state index contributed by atoms with van der Waals surface area (Å²) in [6, 6.07) is 9.70. The van der Waals surface area contributed by atoms with Gasteiger partial charge in [0.15, 0.2) is 0 Å². The van der Waals surface area contributed by atoms with Crippen LogP contribution in [0.15, 0.2) is 36.4 Å². The highest BCUT2D eigenvalue weighted by Gasteiger charge is 2.20. The van der Waals surface area contributed by atoms with Crippen LogP contribution in [0.5, 0.6) is 0 Å². The van der Waals surface area contributed by atoms with Crippen molar-refractivity contribution in [3.05, 3.63) is 62.0 Å². The van der Waals surface area contributed by atoms with Gasteiger partial charge in [-0.05, 0) is 19.1 Å². The van der Waals surface area contributed by atoms with Crippen LogP contribution in [0.1, 0.15) is 28.3 Å². The number of esters is 1. The van der Waals surface area contributed by atoms with Crippen molar-refractivity contribution in [3.8, 4) is 0 Å². The molecular weight excluding hydrogens is 302 g/mol. The van der Waals surface area contributed by atoms with Gasteiger partial charge in [0.2, 0.25) is 0 Å². The molecule has 104 valence electrons. The molecule has 0 amide bonds. The largest absolute Gasteiger partial charge is 0.454 e. The van der Waals surface area contributed by atoms with Gasteiger partial charge in [0.05, 0.1) is 4.92 Å². The second-order valence-corrected chi connectivity index (χ2v) is 5.43. The lowest BCUT2D eigenvalue weighted by molar-refractivity contribution is -0.380. The van der Waals surface area contributed by atoms with Crippen LogP contribution in [-0.4, -0.2) is 10.9 Å². The normalized spacial score (nSPS) is 11.9. The molecule has 1 unspecified atom stereocenters. The van der Waals surface area contributed by atoms with Crippen LogP contribution in [0.2, 0.25) is 5.02 Å². The van der Waals surface area contributed by atoms with E-state index in [-0.39, 0.29) is 9.88 Å². The van der Waals surface area contributed by atoms with Crippen molar-refractivity contribution in [2.75, 3.05) is 0 Å². The summed E-state index contributed by atoms with van der Waals surface area (Å²) in [7, 11) is 0. The molecule has 0 spiro atoms. The van der Waals surface area contributed by atoms with Gasteiger partial charge < -0.3 is 4.74 Å². The zero-order valence-corrected chi connectivity index (χ0v) is 12.0. The van der Waals surface area contributed by atoms with Crippen molar-refractivity contribution in [2.45, 2.75) is 13.0 Å². The summed E-state index contributed by atoms with van der Waals surface area (Å²) in [6.45, 7) is 1.70. The molecule has 0 aliphatic rings. The van der Waals surface area contributed by atoms with Gasteiger partial charge in [-0.3, -0.25) is 10.1 Å². The summed E-state index contributed by atoms with van der Waals surface area (Å²) in [6.07, 6.45) is -0.530. The minimum Gasteiger partial charge on any atom is -0.454 e. The Balaban J connectivity index is 2.11. The van der Waals surface area contributed by atoms with Gasteiger partial charge in [-0.15, -0.1) is 0 Å². The number of carbonyl (C=O) groups excluding carboxylic acids is 1. The van der Waals surface area contributed by atoms with Crippen molar-refractivity contribution in [3.63, 3.8) is 0 Å². The first kappa shape index (κ1) is 14.5. The summed E-state index contributed by atoms with van der Waals surface area (Å²) < 4.78 is 5.26. The van der Waals surface area contributed by atoms with Gasteiger partial charge in [-0.25, -0.2) is 4.79 Å². The predicted molar refractivity (Wildman–Crippen MR) is 76.3 cm³/mol. The maximum atomic E-state index is 11.9. The van der Waals surface area contributed by atoms with E-state index in [4.69, 9.17) is 16.3 Å². The van der Waals surface area contributed by atoms with E-state index in [1.165, 1.54) is 12.1 Å². The second kappa shape index (κ2) is 6.02. The number of halogens is 1. The summed E-state index contributed by atoms with van der Waals surface area (Å²) in [4.78, 5) is 22.1. The molecule has 0 fully saturated rings. The molecule has 0 radical (unpaired) electrons. The average Bonchev–Trinajstić information content (AvgIpc) is 2.88. The summed E-state index contributed by atoms with van der Waals surface area (Å²) in [5, 5.41) is 11.0. The zero-order chi connectivity index (χ0) is 14.7. The topological polar surface area (TPSA) is 69.4 Å². The molecule has 0 saturated carbocycles. The Kier molecular flexibility index (Phi) is 4.36. The number of hydrogen-bond acceptors (Lipinski definition) is 5. The molecule has 0 aliphatic heterocycles. The number of rotatable bonds is 4. The monoisotopic (exact) mass is 311 g/mol. The lowest BCUT2D eigenvalue weighted by atomic mass is 10.1. The highest BCUT2D eigenvalue weighted by atomic mass is 35.5. The lowest BCUT2D eigenvalue weighted by Gasteiger charge is -2.14. The van der Waals surface area contributed by atoms with Crippen LogP contribution < -0.4 is 0 Å². The number of benzene rings is 1. The number of thiophene rings is 1. The zero-order valence-electron chi connectivity index (χ0n) is 10.4. The highest BCUT2D eigenvalue weighted by Crippen LogP contribution is 2.29. The van der Waals surface area contributed by atoms with Crippen LogP contribution in [-0.2, 0) is 4.74 Å². The Hall–Kier alpha value is -1.92. The number of nitrogens with zero attached hydrogens (tertiary/aromatic N) is 1. The molecule has 2 aromatic rings. The summed E-state index contributed by atoms with van der Waals surface area (Å²) in [5.41, 5.74) is 0.688. The van der Waals surface area contributed by atoms with Crippen molar-refractivity contribution in [1.29, 1.82) is 0 Å². The van der Waals surface area contributed by atoms with Crippen LogP contribution in [0, 0.1) is 10.1 Å². The quantitative estimate of drug-likeness (QED) is 0.481. The standard InChI is InChI=1S/C13H10ClNO4S/c1-8(9-4-2-3-5-10(9)14)19-13(16)11-6-7-12(20-11)15(17)18/h2-8H,1H3. The van der Waals surface area contributed by atoms with Gasteiger partial charge in [0, 0.05) is 16.7 Å². The number of nitro groups is 1. The van der Waals surface area contributed by atoms with Crippen LogP contribution in [0.25, 0.3) is 0 Å². The van der Waals surface area contributed by atoms with Gasteiger partial charge in [-0.1, -0.05) is 41.1 Å². The lowest BCUT2D eigenvalue weighted by Crippen LogP contribution is -2.08. The molecule has 1 aromatic heterocycles. The fraction of sp³-hybridized carbons (Fsp3) is 0.154. The van der Waals surface area contributed by atoms with Crippen molar-refractivity contribution >= 4 is 33.9 Å². The minimum atomic E-state index is -0.601. The fourth-order valence-electron chi connectivity index (χ4n) is 1.62. The minimum absolute atomic E-state index is 0.0950. The third-order valence-electron chi connectivity index (χ3n) is 2.60. The maximum absolute atomic E-state index is 11.9. The molecule has 20 heavy (non-hydrogen) atoms. The Bertz CT molecular complexity index is 655. The summed E-state index contributed by atoms with van der Waals surface area (Å²) in [5.74, 6) is -0.601. The Morgan fingerprint density at radius 1 is 1.35 bits per heavy atom. The molecule has 5 nitrogen and oxygen atoms in total. The van der Waals surface area contributed by atoms with Gasteiger partial charge >= 0.3 is 11.0 Å². The molecule has 7 heteroatoms. The molecule has 2 rings (SSSR count). The molecule has 1 aromatic carbocycles. The number of carbonyl (C=O) groups is 1. The Morgan fingerprint density at radius 2 is 2.05 bits per heavy atom. The van der Waals surface area contributed by atoms with Crippen LogP contribution in [0.3, 0.4) is 0 Å². The first-order valence-corrected chi connectivity index (χ1v) is 6.88. The van der Waals surface area contributed by atoms with Gasteiger partial charge in [0.25, 0.3) is 0 Å². The Morgan fingerprint density at radius 3 is 2.65 bits per heavy atom. The third-order valence-corrected chi connectivity index (χ3v) is 3.96. The van der Waals surface area contributed by atoms with E-state index in [0.29, 0.717) is 10.6 Å². The highest BCUT2D eigenvalue weighted by molar-refractivity contribution is 7.17. The number of hydrogen-bond donors (Lipinski definition) is 0. The SMILES string of the molecule is CC(OC(=O)c1ccc([N+](=O)[O-])s1)c1ccccc1Cl. The van der Waals surface area contributed by atoms with Gasteiger partial charge in [0.1, 0.15) is 11.0 Å². The van der Waals surface area contributed by atoms with E-state index in [9.17, 15) is 14.9 Å². The van der Waals surface area contributed by atoms with E-state index < -0.39 is 17.0 Å². The molecular formula is C13H10ClNO4S. The molecule has 1 heterocycles. The second-order valence-electron chi connectivity index (χ2n) is 3.96. The Labute approximate surface area is 123 Å². The van der Waals surface area contributed by atoms with E-state index in [2.05, 4.69) is 0 Å². The predicted octanol–water partition coefficient (Wildman–Crippen LogP) is 4.23. The van der Waals surface area contributed by atoms with E-state index in [1.54, 1.807) is 31.2 Å². The first-order valence-electron chi connectivity index (χ1n) is 5.68. The van der Waals surface area contributed by atoms with Crippen LogP contribution in [0.4, 0.5) is 5.00 Å². The van der Waals surface area contributed by atoms with Crippen molar-refractivity contribution < 1.29 is 14.5 Å². The molecule has 0 saturated heterocycles. The average molecular weight is 312 g/mol. The van der Waals surface area contributed by atoms with Crippen LogP contribution >= 0.6 is 22.9 Å². The maximum Gasteiger partial charge on any atom is 0.349 e. The third kappa shape index (κ3) is 3.15. The fourth-order valence-corrected chi connectivity index (χ4v) is 2.62. The van der Waals surface area contributed by atoms with E-state index in [0.717, 1.165) is 11.3 Å². The summed E-state index contributed by atoms with van der Waals surface area (Å²) >= 11 is 6.80. The molecule has 1 atom stereocenters. The van der Waals surface area contributed by atoms with Crippen molar-refractivity contribution in [1.82, 2.24) is 0 Å². The van der Waals surface area contributed by atoms with E-state index >= 15 is 0 Å². The molecule has 0 N–H and O–H groups in total. The van der Waals surface area contributed by atoms with E-state index in [1.807, 2.05) is 0 Å². The van der Waals surface area contributed by atoms with Gasteiger partial charge in [-0.2, -0.15) is 0 Å². The molecule has 0 bridgehead atoms. The number of ether oxygens (including phenoxy) is 1.